The largest absolute Gasteiger partial charge is 0.495 e. The third kappa shape index (κ3) is 3.11. The van der Waals surface area contributed by atoms with Crippen LogP contribution in [0.25, 0.3) is 16.9 Å². The summed E-state index contributed by atoms with van der Waals surface area (Å²) in [7, 11) is 1.56. The standard InChI is InChI=1S/C21H20N4O3/c1-12-7-8-25-11-17(22-19(25)9-12)15-5-6-18(27-4)16(10-15)23-21(26)20-13(2)24-28-14(20)3/h5-11H,1-4H3,(H,23,26). The molecule has 0 radical (unpaired) electrons. The Morgan fingerprint density at radius 3 is 2.71 bits per heavy atom. The lowest BCUT2D eigenvalue weighted by molar-refractivity contribution is 0.102. The van der Waals surface area contributed by atoms with E-state index in [9.17, 15) is 4.79 Å². The summed E-state index contributed by atoms with van der Waals surface area (Å²) in [5.74, 6) is 0.738. The van der Waals surface area contributed by atoms with E-state index in [0.29, 0.717) is 28.5 Å². The number of pyridine rings is 1. The molecule has 7 nitrogen and oxygen atoms in total. The molecule has 7 heteroatoms. The van der Waals surface area contributed by atoms with Gasteiger partial charge >= 0.3 is 0 Å². The van der Waals surface area contributed by atoms with Crippen LogP contribution in [0.15, 0.2) is 47.2 Å². The fraction of sp³-hybridized carbons (Fsp3) is 0.190. The van der Waals surface area contributed by atoms with E-state index >= 15 is 0 Å². The first-order chi connectivity index (χ1) is 13.5. The van der Waals surface area contributed by atoms with Crippen LogP contribution in [0.3, 0.4) is 0 Å². The molecule has 28 heavy (non-hydrogen) atoms. The molecule has 3 aromatic heterocycles. The number of methoxy groups -OCH3 is 1. The van der Waals surface area contributed by atoms with Gasteiger partial charge in [-0.05, 0) is 56.7 Å². The number of ether oxygens (including phenoxy) is 1. The molecule has 0 bridgehead atoms. The number of hydrogen-bond donors (Lipinski definition) is 1. The van der Waals surface area contributed by atoms with Gasteiger partial charge in [0.25, 0.3) is 5.91 Å². The van der Waals surface area contributed by atoms with Gasteiger partial charge in [0.1, 0.15) is 22.7 Å². The normalized spacial score (nSPS) is 11.0. The number of nitrogens with one attached hydrogen (secondary N) is 1. The van der Waals surface area contributed by atoms with Crippen molar-refractivity contribution in [2.75, 3.05) is 12.4 Å². The summed E-state index contributed by atoms with van der Waals surface area (Å²) in [5, 5.41) is 6.74. The van der Waals surface area contributed by atoms with Crippen LogP contribution in [0.5, 0.6) is 5.75 Å². The van der Waals surface area contributed by atoms with E-state index in [1.807, 2.05) is 54.0 Å². The van der Waals surface area contributed by atoms with Gasteiger partial charge in [-0.2, -0.15) is 0 Å². The SMILES string of the molecule is COc1ccc(-c2cn3ccc(C)cc3n2)cc1NC(=O)c1c(C)noc1C. The lowest BCUT2D eigenvalue weighted by Gasteiger charge is -2.11. The van der Waals surface area contributed by atoms with E-state index in [1.54, 1.807) is 21.0 Å². The van der Waals surface area contributed by atoms with Crippen LogP contribution in [0.1, 0.15) is 27.4 Å². The first kappa shape index (κ1) is 17.8. The molecule has 0 fully saturated rings. The number of hydrogen-bond acceptors (Lipinski definition) is 5. The van der Waals surface area contributed by atoms with Crippen LogP contribution in [-0.2, 0) is 0 Å². The van der Waals surface area contributed by atoms with Gasteiger partial charge in [-0.25, -0.2) is 4.98 Å². The highest BCUT2D eigenvalue weighted by Gasteiger charge is 2.19. The number of benzene rings is 1. The number of anilines is 1. The summed E-state index contributed by atoms with van der Waals surface area (Å²) >= 11 is 0. The number of aromatic nitrogens is 3. The molecule has 1 amide bonds. The molecular formula is C21H20N4O3. The van der Waals surface area contributed by atoms with Crippen LogP contribution in [0.2, 0.25) is 0 Å². The second-order valence-electron chi connectivity index (χ2n) is 6.66. The molecule has 142 valence electrons. The van der Waals surface area contributed by atoms with Gasteiger partial charge in [0.05, 0.1) is 24.2 Å². The lowest BCUT2D eigenvalue weighted by Crippen LogP contribution is -2.14. The predicted molar refractivity (Wildman–Crippen MR) is 106 cm³/mol. The Bertz CT molecular complexity index is 1170. The molecule has 1 aromatic carbocycles. The Morgan fingerprint density at radius 2 is 2.00 bits per heavy atom. The van der Waals surface area contributed by atoms with E-state index in [2.05, 4.69) is 15.5 Å². The molecule has 4 rings (SSSR count). The zero-order valence-corrected chi connectivity index (χ0v) is 16.1. The van der Waals surface area contributed by atoms with Crippen molar-refractivity contribution in [1.82, 2.24) is 14.5 Å². The summed E-state index contributed by atoms with van der Waals surface area (Å²) in [6.45, 7) is 5.48. The van der Waals surface area contributed by atoms with Gasteiger partial charge in [0.15, 0.2) is 0 Å². The minimum Gasteiger partial charge on any atom is -0.495 e. The van der Waals surface area contributed by atoms with Crippen molar-refractivity contribution >= 4 is 17.2 Å². The summed E-state index contributed by atoms with van der Waals surface area (Å²) < 4.78 is 12.5. The molecule has 4 aromatic rings. The van der Waals surface area contributed by atoms with Crippen molar-refractivity contribution in [3.05, 3.63) is 65.3 Å². The maximum atomic E-state index is 12.7. The summed E-state index contributed by atoms with van der Waals surface area (Å²) in [4.78, 5) is 17.4. The molecule has 0 aliphatic heterocycles. The quantitative estimate of drug-likeness (QED) is 0.578. The van der Waals surface area contributed by atoms with Crippen molar-refractivity contribution in [1.29, 1.82) is 0 Å². The molecule has 0 unspecified atom stereocenters. The van der Waals surface area contributed by atoms with E-state index in [0.717, 1.165) is 22.5 Å². The predicted octanol–water partition coefficient (Wildman–Crippen LogP) is 4.18. The molecule has 3 heterocycles. The van der Waals surface area contributed by atoms with Gasteiger partial charge in [0, 0.05) is 18.0 Å². The first-order valence-corrected chi connectivity index (χ1v) is 8.84. The van der Waals surface area contributed by atoms with Crippen molar-refractivity contribution < 1.29 is 14.1 Å². The van der Waals surface area contributed by atoms with Gasteiger partial charge in [0.2, 0.25) is 0 Å². The van der Waals surface area contributed by atoms with Crippen molar-refractivity contribution in [3.8, 4) is 17.0 Å². The Morgan fingerprint density at radius 1 is 1.18 bits per heavy atom. The van der Waals surface area contributed by atoms with E-state index in [-0.39, 0.29) is 5.91 Å². The van der Waals surface area contributed by atoms with Gasteiger partial charge in [-0.1, -0.05) is 5.16 Å². The fourth-order valence-corrected chi connectivity index (χ4v) is 3.18. The summed E-state index contributed by atoms with van der Waals surface area (Å²) in [6, 6.07) is 9.63. The number of rotatable bonds is 4. The Hall–Kier alpha value is -3.61. The molecule has 0 spiro atoms. The Labute approximate surface area is 161 Å². The molecule has 0 aliphatic rings. The van der Waals surface area contributed by atoms with Crippen LogP contribution in [0, 0.1) is 20.8 Å². The minimum absolute atomic E-state index is 0.294. The van der Waals surface area contributed by atoms with Gasteiger partial charge in [-0.3, -0.25) is 4.79 Å². The molecule has 0 saturated heterocycles. The molecular weight excluding hydrogens is 356 g/mol. The van der Waals surface area contributed by atoms with Crippen LogP contribution >= 0.6 is 0 Å². The minimum atomic E-state index is -0.294. The highest BCUT2D eigenvalue weighted by molar-refractivity contribution is 6.06. The van der Waals surface area contributed by atoms with E-state index in [4.69, 9.17) is 9.26 Å². The van der Waals surface area contributed by atoms with Crippen LogP contribution in [0.4, 0.5) is 5.69 Å². The highest BCUT2D eigenvalue weighted by atomic mass is 16.5. The number of carbonyl (C=O) groups is 1. The topological polar surface area (TPSA) is 81.7 Å². The monoisotopic (exact) mass is 376 g/mol. The second-order valence-corrected chi connectivity index (χ2v) is 6.66. The van der Waals surface area contributed by atoms with Crippen LogP contribution < -0.4 is 10.1 Å². The number of amides is 1. The Kier molecular flexibility index (Phi) is 4.35. The highest BCUT2D eigenvalue weighted by Crippen LogP contribution is 2.31. The first-order valence-electron chi connectivity index (χ1n) is 8.84. The maximum absolute atomic E-state index is 12.7. The average Bonchev–Trinajstić information content (AvgIpc) is 3.24. The van der Waals surface area contributed by atoms with Crippen molar-refractivity contribution in [2.24, 2.45) is 0 Å². The number of carbonyl (C=O) groups excluding carboxylic acids is 1. The molecule has 0 aliphatic carbocycles. The van der Waals surface area contributed by atoms with Crippen LogP contribution in [-0.4, -0.2) is 27.6 Å². The van der Waals surface area contributed by atoms with Gasteiger partial charge in [-0.15, -0.1) is 0 Å². The maximum Gasteiger partial charge on any atom is 0.261 e. The molecule has 1 N–H and O–H groups in total. The fourth-order valence-electron chi connectivity index (χ4n) is 3.18. The second kappa shape index (κ2) is 6.84. The smallest absolute Gasteiger partial charge is 0.261 e. The summed E-state index contributed by atoms with van der Waals surface area (Å²) in [6.07, 6.45) is 3.93. The average molecular weight is 376 g/mol. The molecule has 0 saturated carbocycles. The van der Waals surface area contributed by atoms with Crippen molar-refractivity contribution in [3.63, 3.8) is 0 Å². The number of nitrogens with zero attached hydrogens (tertiary/aromatic N) is 3. The third-order valence-corrected chi connectivity index (χ3v) is 4.62. The van der Waals surface area contributed by atoms with Crippen molar-refractivity contribution in [2.45, 2.75) is 20.8 Å². The third-order valence-electron chi connectivity index (χ3n) is 4.62. The van der Waals surface area contributed by atoms with E-state index < -0.39 is 0 Å². The summed E-state index contributed by atoms with van der Waals surface area (Å²) in [5.41, 5.74) is 5.21. The zero-order chi connectivity index (χ0) is 19.8. The zero-order valence-electron chi connectivity index (χ0n) is 16.1. The molecule has 0 atom stereocenters. The van der Waals surface area contributed by atoms with Gasteiger partial charge < -0.3 is 19.0 Å². The number of imidazole rings is 1. The Balaban J connectivity index is 1.72. The number of aryl methyl sites for hydroxylation is 3. The van der Waals surface area contributed by atoms with E-state index in [1.165, 1.54) is 0 Å². The lowest BCUT2D eigenvalue weighted by atomic mass is 10.1. The number of fused-ring (bicyclic) bond motifs is 1.